The number of aryl methyl sites for hydroxylation is 1. The molecule has 3 atom stereocenters. The Morgan fingerprint density at radius 3 is 2.16 bits per heavy atom. The van der Waals surface area contributed by atoms with E-state index in [2.05, 4.69) is 0 Å². The zero-order valence-electron chi connectivity index (χ0n) is 13.7. The van der Waals surface area contributed by atoms with Crippen molar-refractivity contribution in [3.05, 3.63) is 29.8 Å². The molecule has 0 aliphatic carbocycles. The van der Waals surface area contributed by atoms with Gasteiger partial charge in [0.15, 0.2) is 0 Å². The summed E-state index contributed by atoms with van der Waals surface area (Å²) < 4.78 is 26.5. The van der Waals surface area contributed by atoms with Crippen molar-refractivity contribution in [2.75, 3.05) is 6.54 Å². The van der Waals surface area contributed by atoms with Crippen LogP contribution >= 0.6 is 0 Å². The van der Waals surface area contributed by atoms with Gasteiger partial charge in [-0.3, -0.25) is 14.4 Å². The van der Waals surface area contributed by atoms with Gasteiger partial charge in [0.25, 0.3) is 0 Å². The lowest BCUT2D eigenvalue weighted by molar-refractivity contribution is -0.144. The summed E-state index contributed by atoms with van der Waals surface area (Å²) in [5, 5.41) is 18.5. The standard InChI is InChI=1S/C16H19NO7S/c1-9-3-5-11(6-4-9)25(23,24)17-8-13(10(2)18)12(7-14(19)20)15(17)16(21)22/h3-6,12-13,15H,7-8H2,1-2H3,(H,19,20)(H,21,22)/t12-,13+,15-/m0/s1. The number of aliphatic carboxylic acids is 2. The molecule has 2 rings (SSSR count). The number of nitrogens with zero attached hydrogens (tertiary/aromatic N) is 1. The van der Waals surface area contributed by atoms with Gasteiger partial charge in [0.1, 0.15) is 11.8 Å². The van der Waals surface area contributed by atoms with Crippen LogP contribution in [-0.2, 0) is 24.4 Å². The third-order valence-electron chi connectivity index (χ3n) is 4.42. The van der Waals surface area contributed by atoms with E-state index in [0.29, 0.717) is 0 Å². The Balaban J connectivity index is 2.51. The first-order valence-electron chi connectivity index (χ1n) is 7.59. The number of rotatable bonds is 6. The van der Waals surface area contributed by atoms with Gasteiger partial charge in [0, 0.05) is 18.4 Å². The number of hydrogen-bond donors (Lipinski definition) is 2. The molecule has 9 heteroatoms. The highest BCUT2D eigenvalue weighted by molar-refractivity contribution is 7.89. The maximum Gasteiger partial charge on any atom is 0.322 e. The first-order valence-corrected chi connectivity index (χ1v) is 9.03. The Kier molecular flexibility index (Phi) is 5.28. The van der Waals surface area contributed by atoms with E-state index in [1.807, 2.05) is 0 Å². The minimum atomic E-state index is -4.18. The maximum absolute atomic E-state index is 12.9. The van der Waals surface area contributed by atoms with E-state index in [1.165, 1.54) is 19.1 Å². The number of ketones is 1. The molecule has 0 bridgehead atoms. The molecule has 0 radical (unpaired) electrons. The van der Waals surface area contributed by atoms with Crippen LogP contribution in [0.4, 0.5) is 0 Å². The van der Waals surface area contributed by atoms with Crippen molar-refractivity contribution in [2.45, 2.75) is 31.2 Å². The van der Waals surface area contributed by atoms with E-state index in [4.69, 9.17) is 5.11 Å². The van der Waals surface area contributed by atoms with Gasteiger partial charge in [-0.2, -0.15) is 4.31 Å². The first kappa shape index (κ1) is 19.1. The summed E-state index contributed by atoms with van der Waals surface area (Å²) in [7, 11) is -4.18. The topological polar surface area (TPSA) is 129 Å². The monoisotopic (exact) mass is 369 g/mol. The number of carboxylic acids is 2. The fourth-order valence-corrected chi connectivity index (χ4v) is 4.81. The van der Waals surface area contributed by atoms with Crippen molar-refractivity contribution in [2.24, 2.45) is 11.8 Å². The fraction of sp³-hybridized carbons (Fsp3) is 0.438. The van der Waals surface area contributed by atoms with Crippen LogP contribution in [0.25, 0.3) is 0 Å². The average molecular weight is 369 g/mol. The molecule has 1 heterocycles. The zero-order valence-corrected chi connectivity index (χ0v) is 14.6. The molecule has 25 heavy (non-hydrogen) atoms. The molecule has 0 spiro atoms. The second kappa shape index (κ2) is 6.93. The quantitative estimate of drug-likeness (QED) is 0.757. The van der Waals surface area contributed by atoms with Crippen molar-refractivity contribution in [3.8, 4) is 0 Å². The van der Waals surface area contributed by atoms with Crippen molar-refractivity contribution < 1.29 is 33.0 Å². The Morgan fingerprint density at radius 2 is 1.72 bits per heavy atom. The van der Waals surface area contributed by atoms with Crippen molar-refractivity contribution in [3.63, 3.8) is 0 Å². The van der Waals surface area contributed by atoms with Crippen molar-refractivity contribution in [1.82, 2.24) is 4.31 Å². The van der Waals surface area contributed by atoms with Gasteiger partial charge in [0.2, 0.25) is 10.0 Å². The summed E-state index contributed by atoms with van der Waals surface area (Å²) >= 11 is 0. The molecular formula is C16H19NO7S. The van der Waals surface area contributed by atoms with Gasteiger partial charge in [-0.15, -0.1) is 0 Å². The smallest absolute Gasteiger partial charge is 0.322 e. The van der Waals surface area contributed by atoms with Gasteiger partial charge >= 0.3 is 11.9 Å². The molecule has 0 amide bonds. The molecule has 1 aliphatic heterocycles. The van der Waals surface area contributed by atoms with Gasteiger partial charge in [-0.25, -0.2) is 8.42 Å². The Labute approximate surface area is 145 Å². The number of carboxylic acid groups (broad SMARTS) is 2. The van der Waals surface area contributed by atoms with E-state index < -0.39 is 52.0 Å². The Morgan fingerprint density at radius 1 is 1.16 bits per heavy atom. The van der Waals surface area contributed by atoms with Crippen LogP contribution in [0.5, 0.6) is 0 Å². The SMILES string of the molecule is CC(=O)[C@H]1CN(S(=O)(=O)c2ccc(C)cc2)[C@H](C(=O)O)[C@H]1CC(=O)O. The fourth-order valence-electron chi connectivity index (χ4n) is 3.16. The van der Waals surface area contributed by atoms with E-state index >= 15 is 0 Å². The van der Waals surface area contributed by atoms with Gasteiger partial charge in [-0.05, 0) is 26.0 Å². The van der Waals surface area contributed by atoms with Crippen molar-refractivity contribution >= 4 is 27.7 Å². The lowest BCUT2D eigenvalue weighted by atomic mass is 9.85. The van der Waals surface area contributed by atoms with Crippen LogP contribution in [0, 0.1) is 18.8 Å². The highest BCUT2D eigenvalue weighted by Crippen LogP contribution is 2.37. The molecule has 0 saturated carbocycles. The lowest BCUT2D eigenvalue weighted by Crippen LogP contribution is -2.43. The zero-order chi connectivity index (χ0) is 18.9. The summed E-state index contributed by atoms with van der Waals surface area (Å²) in [6, 6.07) is 4.27. The van der Waals surface area contributed by atoms with Crippen LogP contribution in [0.1, 0.15) is 18.9 Å². The highest BCUT2D eigenvalue weighted by atomic mass is 32.2. The van der Waals surface area contributed by atoms with Crippen LogP contribution in [0.2, 0.25) is 0 Å². The van der Waals surface area contributed by atoms with Crippen molar-refractivity contribution in [1.29, 1.82) is 0 Å². The summed E-state index contributed by atoms with van der Waals surface area (Å²) in [6.07, 6.45) is -0.596. The third-order valence-corrected chi connectivity index (χ3v) is 6.28. The van der Waals surface area contributed by atoms with E-state index in [9.17, 15) is 27.9 Å². The summed E-state index contributed by atoms with van der Waals surface area (Å²) in [5.41, 5.74) is 0.834. The minimum absolute atomic E-state index is 0.0948. The molecular weight excluding hydrogens is 350 g/mol. The molecule has 8 nitrogen and oxygen atoms in total. The van der Waals surface area contributed by atoms with Crippen LogP contribution in [0.15, 0.2) is 29.2 Å². The lowest BCUT2D eigenvalue weighted by Gasteiger charge is -2.23. The molecule has 1 aromatic carbocycles. The molecule has 1 saturated heterocycles. The summed E-state index contributed by atoms with van der Waals surface area (Å²) in [6.45, 7) is 2.64. The molecule has 0 unspecified atom stereocenters. The number of sulfonamides is 1. The second-order valence-electron chi connectivity index (χ2n) is 6.15. The van der Waals surface area contributed by atoms with Gasteiger partial charge in [0.05, 0.1) is 11.3 Å². The number of benzene rings is 1. The minimum Gasteiger partial charge on any atom is -0.481 e. The largest absolute Gasteiger partial charge is 0.481 e. The number of Topliss-reactive ketones (excluding diaryl/α,β-unsaturated/α-hetero) is 1. The molecule has 2 N–H and O–H groups in total. The molecule has 1 fully saturated rings. The Bertz CT molecular complexity index is 800. The predicted molar refractivity (Wildman–Crippen MR) is 86.4 cm³/mol. The molecule has 1 aliphatic rings. The normalized spacial score (nSPS) is 24.2. The maximum atomic E-state index is 12.9. The summed E-state index contributed by atoms with van der Waals surface area (Å²) in [5.74, 6) is -5.27. The van der Waals surface area contributed by atoms with E-state index in [0.717, 1.165) is 9.87 Å². The number of hydrogen-bond acceptors (Lipinski definition) is 5. The number of carbonyl (C=O) groups is 3. The third kappa shape index (κ3) is 3.72. The highest BCUT2D eigenvalue weighted by Gasteiger charge is 2.52. The van der Waals surface area contributed by atoms with Crippen LogP contribution in [-0.4, -0.2) is 53.2 Å². The average Bonchev–Trinajstić information content (AvgIpc) is 2.87. The molecule has 0 aromatic heterocycles. The Hall–Kier alpha value is -2.26. The van der Waals surface area contributed by atoms with E-state index in [-0.39, 0.29) is 11.4 Å². The molecule has 1 aromatic rings. The number of carbonyl (C=O) groups excluding carboxylic acids is 1. The summed E-state index contributed by atoms with van der Waals surface area (Å²) in [4.78, 5) is 34.5. The first-order chi connectivity index (χ1) is 11.6. The predicted octanol–water partition coefficient (Wildman–Crippen LogP) is 0.749. The molecule has 136 valence electrons. The second-order valence-corrected chi connectivity index (χ2v) is 8.04. The van der Waals surface area contributed by atoms with Crippen LogP contribution in [0.3, 0.4) is 0 Å². The van der Waals surface area contributed by atoms with E-state index in [1.54, 1.807) is 19.1 Å². The van der Waals surface area contributed by atoms with Gasteiger partial charge < -0.3 is 10.2 Å². The van der Waals surface area contributed by atoms with Gasteiger partial charge in [-0.1, -0.05) is 17.7 Å². The van der Waals surface area contributed by atoms with Crippen LogP contribution < -0.4 is 0 Å².